The summed E-state index contributed by atoms with van der Waals surface area (Å²) in [6.45, 7) is 8.12. The van der Waals surface area contributed by atoms with Gasteiger partial charge in [0.15, 0.2) is 0 Å². The van der Waals surface area contributed by atoms with Crippen molar-refractivity contribution in [3.8, 4) is 11.5 Å². The SMILES string of the molecule is Cc1cc(C)c(C)c(Oc2ccc([C@H](C)N)cc2Cl)c1. The van der Waals surface area contributed by atoms with E-state index in [0.29, 0.717) is 10.8 Å². The molecular weight excluding hydrogens is 270 g/mol. The fraction of sp³-hybridized carbons (Fsp3) is 0.294. The van der Waals surface area contributed by atoms with E-state index in [2.05, 4.69) is 19.9 Å². The van der Waals surface area contributed by atoms with E-state index in [9.17, 15) is 0 Å². The maximum atomic E-state index is 6.27. The summed E-state index contributed by atoms with van der Waals surface area (Å²) in [5.41, 5.74) is 10.4. The average molecular weight is 290 g/mol. The van der Waals surface area contributed by atoms with E-state index in [4.69, 9.17) is 22.1 Å². The van der Waals surface area contributed by atoms with Gasteiger partial charge < -0.3 is 10.5 Å². The summed E-state index contributed by atoms with van der Waals surface area (Å²) in [6.07, 6.45) is 0. The topological polar surface area (TPSA) is 35.2 Å². The van der Waals surface area contributed by atoms with Gasteiger partial charge in [0.25, 0.3) is 0 Å². The maximum absolute atomic E-state index is 6.27. The highest BCUT2D eigenvalue weighted by Crippen LogP contribution is 2.34. The van der Waals surface area contributed by atoms with Crippen molar-refractivity contribution < 1.29 is 4.74 Å². The van der Waals surface area contributed by atoms with Crippen molar-refractivity contribution in [2.45, 2.75) is 33.7 Å². The first-order valence-corrected chi connectivity index (χ1v) is 7.07. The van der Waals surface area contributed by atoms with E-state index < -0.39 is 0 Å². The lowest BCUT2D eigenvalue weighted by molar-refractivity contribution is 0.478. The first-order chi connectivity index (χ1) is 9.38. The van der Waals surface area contributed by atoms with E-state index in [1.807, 2.05) is 38.1 Å². The molecule has 0 radical (unpaired) electrons. The minimum atomic E-state index is -0.0375. The predicted octanol–water partition coefficient (Wildman–Crippen LogP) is 5.08. The summed E-state index contributed by atoms with van der Waals surface area (Å²) in [5, 5.41) is 0.582. The molecule has 0 aliphatic carbocycles. The Morgan fingerprint density at radius 3 is 2.35 bits per heavy atom. The molecule has 0 spiro atoms. The molecule has 0 saturated carbocycles. The fourth-order valence-electron chi connectivity index (χ4n) is 2.11. The number of halogens is 1. The molecule has 1 atom stereocenters. The lowest BCUT2D eigenvalue weighted by Crippen LogP contribution is -2.04. The third-order valence-corrected chi connectivity index (χ3v) is 3.76. The summed E-state index contributed by atoms with van der Waals surface area (Å²) in [6, 6.07) is 9.81. The second kappa shape index (κ2) is 5.86. The van der Waals surface area contributed by atoms with Gasteiger partial charge in [-0.15, -0.1) is 0 Å². The number of aryl methyl sites for hydroxylation is 2. The summed E-state index contributed by atoms with van der Waals surface area (Å²) in [5.74, 6) is 1.50. The van der Waals surface area contributed by atoms with Crippen LogP contribution in [0.2, 0.25) is 5.02 Å². The van der Waals surface area contributed by atoms with Crippen LogP contribution in [0.3, 0.4) is 0 Å². The Hall–Kier alpha value is -1.51. The molecule has 0 saturated heterocycles. The molecule has 0 fully saturated rings. The molecule has 2 aromatic rings. The predicted molar refractivity (Wildman–Crippen MR) is 84.8 cm³/mol. The van der Waals surface area contributed by atoms with Gasteiger partial charge in [-0.2, -0.15) is 0 Å². The van der Waals surface area contributed by atoms with Gasteiger partial charge in [-0.1, -0.05) is 23.7 Å². The second-order valence-electron chi connectivity index (χ2n) is 5.29. The van der Waals surface area contributed by atoms with Crippen molar-refractivity contribution >= 4 is 11.6 Å². The van der Waals surface area contributed by atoms with Gasteiger partial charge in [-0.05, 0) is 68.1 Å². The van der Waals surface area contributed by atoms with E-state index >= 15 is 0 Å². The van der Waals surface area contributed by atoms with Crippen LogP contribution in [0, 0.1) is 20.8 Å². The van der Waals surface area contributed by atoms with E-state index in [-0.39, 0.29) is 6.04 Å². The summed E-state index contributed by atoms with van der Waals surface area (Å²) < 4.78 is 5.96. The highest BCUT2D eigenvalue weighted by molar-refractivity contribution is 6.32. The average Bonchev–Trinajstić information content (AvgIpc) is 2.37. The van der Waals surface area contributed by atoms with Crippen LogP contribution in [0.5, 0.6) is 11.5 Å². The summed E-state index contributed by atoms with van der Waals surface area (Å²) in [4.78, 5) is 0. The van der Waals surface area contributed by atoms with Gasteiger partial charge in [0.1, 0.15) is 11.5 Å². The smallest absolute Gasteiger partial charge is 0.146 e. The van der Waals surface area contributed by atoms with Crippen LogP contribution in [-0.2, 0) is 0 Å². The zero-order valence-electron chi connectivity index (χ0n) is 12.3. The fourth-order valence-corrected chi connectivity index (χ4v) is 2.34. The standard InChI is InChI=1S/C17H20ClNO/c1-10-7-11(2)12(3)17(8-10)20-16-6-5-14(13(4)19)9-15(16)18/h5-9,13H,19H2,1-4H3/t13-/m0/s1. The van der Waals surface area contributed by atoms with Gasteiger partial charge in [0.2, 0.25) is 0 Å². The number of ether oxygens (including phenoxy) is 1. The van der Waals surface area contributed by atoms with Crippen LogP contribution in [-0.4, -0.2) is 0 Å². The molecule has 0 aliphatic rings. The normalized spacial score (nSPS) is 12.3. The van der Waals surface area contributed by atoms with Crippen molar-refractivity contribution in [1.29, 1.82) is 0 Å². The molecule has 0 unspecified atom stereocenters. The highest BCUT2D eigenvalue weighted by atomic mass is 35.5. The van der Waals surface area contributed by atoms with E-state index in [0.717, 1.165) is 16.9 Å². The van der Waals surface area contributed by atoms with Gasteiger partial charge in [0, 0.05) is 6.04 Å². The number of hydrogen-bond donors (Lipinski definition) is 1. The minimum Gasteiger partial charge on any atom is -0.456 e. The Labute approximate surface area is 125 Å². The molecule has 0 aromatic heterocycles. The Morgan fingerprint density at radius 2 is 1.75 bits per heavy atom. The first kappa shape index (κ1) is 14.9. The number of nitrogens with two attached hydrogens (primary N) is 1. The lowest BCUT2D eigenvalue weighted by atomic mass is 10.1. The molecule has 2 aromatic carbocycles. The van der Waals surface area contributed by atoms with Crippen LogP contribution in [0.25, 0.3) is 0 Å². The second-order valence-corrected chi connectivity index (χ2v) is 5.69. The molecule has 0 aliphatic heterocycles. The van der Waals surface area contributed by atoms with Gasteiger partial charge >= 0.3 is 0 Å². The molecule has 2 N–H and O–H groups in total. The Balaban J connectivity index is 2.35. The Morgan fingerprint density at radius 1 is 1.05 bits per heavy atom. The summed E-state index contributed by atoms with van der Waals surface area (Å²) in [7, 11) is 0. The van der Waals surface area contributed by atoms with E-state index in [1.165, 1.54) is 11.1 Å². The molecule has 2 rings (SSSR count). The van der Waals surface area contributed by atoms with Crippen LogP contribution in [0.4, 0.5) is 0 Å². The van der Waals surface area contributed by atoms with Gasteiger partial charge in [-0.3, -0.25) is 0 Å². The van der Waals surface area contributed by atoms with Crippen molar-refractivity contribution in [2.24, 2.45) is 5.73 Å². The molecule has 3 heteroatoms. The maximum Gasteiger partial charge on any atom is 0.146 e. The lowest BCUT2D eigenvalue weighted by Gasteiger charge is -2.14. The van der Waals surface area contributed by atoms with Gasteiger partial charge in [-0.25, -0.2) is 0 Å². The first-order valence-electron chi connectivity index (χ1n) is 6.69. The van der Waals surface area contributed by atoms with Crippen LogP contribution in [0.1, 0.15) is 35.2 Å². The van der Waals surface area contributed by atoms with Crippen molar-refractivity contribution in [2.75, 3.05) is 0 Å². The third-order valence-electron chi connectivity index (χ3n) is 3.47. The zero-order valence-corrected chi connectivity index (χ0v) is 13.1. The van der Waals surface area contributed by atoms with Crippen LogP contribution in [0.15, 0.2) is 30.3 Å². The third kappa shape index (κ3) is 3.14. The largest absolute Gasteiger partial charge is 0.456 e. The Kier molecular flexibility index (Phi) is 4.36. The number of hydrogen-bond acceptors (Lipinski definition) is 2. The van der Waals surface area contributed by atoms with Crippen LogP contribution < -0.4 is 10.5 Å². The van der Waals surface area contributed by atoms with Crippen molar-refractivity contribution in [3.05, 3.63) is 57.6 Å². The molecule has 0 heterocycles. The molecule has 2 nitrogen and oxygen atoms in total. The molecular formula is C17H20ClNO. The van der Waals surface area contributed by atoms with Gasteiger partial charge in [0.05, 0.1) is 5.02 Å². The molecule has 0 amide bonds. The molecule has 0 bridgehead atoms. The molecule has 106 valence electrons. The highest BCUT2D eigenvalue weighted by Gasteiger charge is 2.10. The minimum absolute atomic E-state index is 0.0375. The van der Waals surface area contributed by atoms with Crippen molar-refractivity contribution in [1.82, 2.24) is 0 Å². The summed E-state index contributed by atoms with van der Waals surface area (Å²) >= 11 is 6.27. The van der Waals surface area contributed by atoms with Crippen LogP contribution >= 0.6 is 11.6 Å². The number of benzene rings is 2. The zero-order chi connectivity index (χ0) is 14.9. The monoisotopic (exact) mass is 289 g/mol. The van der Waals surface area contributed by atoms with E-state index in [1.54, 1.807) is 0 Å². The molecule has 20 heavy (non-hydrogen) atoms. The Bertz CT molecular complexity index is 635. The quantitative estimate of drug-likeness (QED) is 0.855. The van der Waals surface area contributed by atoms with Crippen molar-refractivity contribution in [3.63, 3.8) is 0 Å². The number of rotatable bonds is 3.